The van der Waals surface area contributed by atoms with Crippen molar-refractivity contribution in [2.45, 2.75) is 19.0 Å². The first-order valence-corrected chi connectivity index (χ1v) is 6.30. The lowest BCUT2D eigenvalue weighted by Crippen LogP contribution is -2.57. The second kappa shape index (κ2) is 5.49. The number of hydrogen-bond acceptors (Lipinski definition) is 4. The van der Waals surface area contributed by atoms with Crippen molar-refractivity contribution in [1.82, 2.24) is 25.3 Å². The Hall–Kier alpha value is -1.40. The third-order valence-electron chi connectivity index (χ3n) is 3.54. The van der Waals surface area contributed by atoms with E-state index in [2.05, 4.69) is 27.6 Å². The van der Waals surface area contributed by atoms with Gasteiger partial charge in [-0.2, -0.15) is 5.10 Å². The Morgan fingerprint density at radius 3 is 3.06 bits per heavy atom. The molecule has 6 heteroatoms. The van der Waals surface area contributed by atoms with Gasteiger partial charge in [-0.15, -0.1) is 0 Å². The predicted octanol–water partition coefficient (Wildman–Crippen LogP) is -0.499. The topological polar surface area (TPSA) is 62.2 Å². The van der Waals surface area contributed by atoms with Crippen molar-refractivity contribution in [1.29, 1.82) is 0 Å². The summed E-state index contributed by atoms with van der Waals surface area (Å²) in [5.74, 6) is 0.0675. The molecule has 0 aromatic carbocycles. The van der Waals surface area contributed by atoms with Gasteiger partial charge in [-0.1, -0.05) is 0 Å². The smallest absolute Gasteiger partial charge is 0.238 e. The molecule has 100 valence electrons. The van der Waals surface area contributed by atoms with Crippen LogP contribution in [0.4, 0.5) is 0 Å². The number of piperazine rings is 1. The molecular formula is C12H21N5O. The Balaban J connectivity index is 2.15. The molecule has 0 bridgehead atoms. The third kappa shape index (κ3) is 2.54. The summed E-state index contributed by atoms with van der Waals surface area (Å²) in [5, 5.41) is 10.2. The lowest BCUT2D eigenvalue weighted by atomic mass is 10.1. The van der Waals surface area contributed by atoms with Crippen molar-refractivity contribution >= 4 is 5.91 Å². The van der Waals surface area contributed by atoms with Crippen LogP contribution in [-0.4, -0.2) is 53.3 Å². The molecule has 0 saturated carbocycles. The molecule has 1 saturated heterocycles. The van der Waals surface area contributed by atoms with E-state index in [-0.39, 0.29) is 18.0 Å². The first kappa shape index (κ1) is 13.0. The summed E-state index contributed by atoms with van der Waals surface area (Å²) in [6.07, 6.45) is 3.88. The summed E-state index contributed by atoms with van der Waals surface area (Å²) in [6.45, 7) is 4.61. The molecule has 2 unspecified atom stereocenters. The van der Waals surface area contributed by atoms with Crippen molar-refractivity contribution < 1.29 is 4.79 Å². The molecule has 2 heterocycles. The largest absolute Gasteiger partial charge is 0.358 e. The lowest BCUT2D eigenvalue weighted by Gasteiger charge is -2.38. The molecule has 1 aliphatic rings. The number of aromatic nitrogens is 2. The van der Waals surface area contributed by atoms with Crippen LogP contribution in [0.15, 0.2) is 12.4 Å². The summed E-state index contributed by atoms with van der Waals surface area (Å²) in [6, 6.07) is 0.0852. The molecule has 2 N–H and O–H groups in total. The Morgan fingerprint density at radius 2 is 2.44 bits per heavy atom. The number of nitrogens with one attached hydrogen (secondary N) is 2. The fourth-order valence-electron chi connectivity index (χ4n) is 2.44. The summed E-state index contributed by atoms with van der Waals surface area (Å²) >= 11 is 0. The zero-order valence-electron chi connectivity index (χ0n) is 11.2. The van der Waals surface area contributed by atoms with Gasteiger partial charge in [0, 0.05) is 51.5 Å². The van der Waals surface area contributed by atoms with E-state index in [1.54, 1.807) is 11.7 Å². The predicted molar refractivity (Wildman–Crippen MR) is 69.1 cm³/mol. The molecule has 1 fully saturated rings. The van der Waals surface area contributed by atoms with E-state index < -0.39 is 0 Å². The van der Waals surface area contributed by atoms with Crippen molar-refractivity contribution in [3.63, 3.8) is 0 Å². The highest BCUT2D eigenvalue weighted by Crippen LogP contribution is 2.22. The fourth-order valence-corrected chi connectivity index (χ4v) is 2.44. The van der Waals surface area contributed by atoms with E-state index in [0.717, 1.165) is 18.7 Å². The van der Waals surface area contributed by atoms with E-state index in [0.29, 0.717) is 6.54 Å². The Bertz CT molecular complexity index is 416. The molecule has 0 spiro atoms. The van der Waals surface area contributed by atoms with Crippen LogP contribution >= 0.6 is 0 Å². The zero-order chi connectivity index (χ0) is 13.1. The SMILES string of the molecule is CNC(=O)C1CNCCN1C(C)c1cnn(C)c1. The number of rotatable bonds is 3. The number of amides is 1. The van der Waals surface area contributed by atoms with E-state index in [1.165, 1.54) is 0 Å². The van der Waals surface area contributed by atoms with Gasteiger partial charge < -0.3 is 10.6 Å². The van der Waals surface area contributed by atoms with Crippen molar-refractivity contribution in [2.24, 2.45) is 7.05 Å². The van der Waals surface area contributed by atoms with E-state index in [1.807, 2.05) is 19.4 Å². The summed E-state index contributed by atoms with van der Waals surface area (Å²) in [7, 11) is 3.59. The molecule has 2 rings (SSSR count). The first-order valence-electron chi connectivity index (χ1n) is 6.30. The molecule has 1 amide bonds. The minimum Gasteiger partial charge on any atom is -0.358 e. The van der Waals surface area contributed by atoms with Crippen LogP contribution in [0.25, 0.3) is 0 Å². The molecule has 18 heavy (non-hydrogen) atoms. The van der Waals surface area contributed by atoms with Gasteiger partial charge in [-0.05, 0) is 6.92 Å². The average Bonchev–Trinajstić information content (AvgIpc) is 2.83. The molecule has 1 aliphatic heterocycles. The average molecular weight is 251 g/mol. The molecular weight excluding hydrogens is 230 g/mol. The maximum Gasteiger partial charge on any atom is 0.238 e. The van der Waals surface area contributed by atoms with Crippen LogP contribution in [0.5, 0.6) is 0 Å². The number of carbonyl (C=O) groups is 1. The monoisotopic (exact) mass is 251 g/mol. The van der Waals surface area contributed by atoms with Crippen LogP contribution in [-0.2, 0) is 11.8 Å². The minimum atomic E-state index is -0.112. The van der Waals surface area contributed by atoms with Crippen LogP contribution in [0.1, 0.15) is 18.5 Å². The summed E-state index contributed by atoms with van der Waals surface area (Å²) in [5.41, 5.74) is 1.15. The first-order chi connectivity index (χ1) is 8.63. The van der Waals surface area contributed by atoms with E-state index >= 15 is 0 Å². The fraction of sp³-hybridized carbons (Fsp3) is 0.667. The van der Waals surface area contributed by atoms with Gasteiger partial charge in [-0.3, -0.25) is 14.4 Å². The normalized spacial score (nSPS) is 22.7. The number of likely N-dealkylation sites (N-methyl/N-ethyl adjacent to an activating group) is 1. The van der Waals surface area contributed by atoms with Gasteiger partial charge >= 0.3 is 0 Å². The summed E-state index contributed by atoms with van der Waals surface area (Å²) in [4.78, 5) is 14.1. The van der Waals surface area contributed by atoms with Crippen molar-refractivity contribution in [2.75, 3.05) is 26.7 Å². The zero-order valence-corrected chi connectivity index (χ0v) is 11.2. The lowest BCUT2D eigenvalue weighted by molar-refractivity contribution is -0.127. The highest BCUT2D eigenvalue weighted by Gasteiger charge is 2.32. The Labute approximate surface area is 107 Å². The van der Waals surface area contributed by atoms with Gasteiger partial charge in [0.2, 0.25) is 5.91 Å². The number of carbonyl (C=O) groups excluding carboxylic acids is 1. The quantitative estimate of drug-likeness (QED) is 0.760. The van der Waals surface area contributed by atoms with Gasteiger partial charge in [0.1, 0.15) is 6.04 Å². The van der Waals surface area contributed by atoms with Crippen molar-refractivity contribution in [3.8, 4) is 0 Å². The highest BCUT2D eigenvalue weighted by atomic mass is 16.2. The number of nitrogens with zero attached hydrogens (tertiary/aromatic N) is 3. The Kier molecular flexibility index (Phi) is 3.98. The maximum atomic E-state index is 11.9. The second-order valence-corrected chi connectivity index (χ2v) is 4.70. The molecule has 6 nitrogen and oxygen atoms in total. The third-order valence-corrected chi connectivity index (χ3v) is 3.54. The molecule has 0 aliphatic carbocycles. The van der Waals surface area contributed by atoms with Crippen LogP contribution in [0.2, 0.25) is 0 Å². The maximum absolute atomic E-state index is 11.9. The highest BCUT2D eigenvalue weighted by molar-refractivity contribution is 5.81. The minimum absolute atomic E-state index is 0.0675. The molecule has 1 aromatic rings. The Morgan fingerprint density at radius 1 is 1.67 bits per heavy atom. The van der Waals surface area contributed by atoms with Gasteiger partial charge in [0.15, 0.2) is 0 Å². The van der Waals surface area contributed by atoms with E-state index in [4.69, 9.17) is 0 Å². The summed E-state index contributed by atoms with van der Waals surface area (Å²) < 4.78 is 1.79. The number of aryl methyl sites for hydroxylation is 1. The van der Waals surface area contributed by atoms with Gasteiger partial charge in [-0.25, -0.2) is 0 Å². The van der Waals surface area contributed by atoms with Crippen LogP contribution in [0.3, 0.4) is 0 Å². The van der Waals surface area contributed by atoms with Gasteiger partial charge in [0.05, 0.1) is 6.20 Å². The number of hydrogen-bond donors (Lipinski definition) is 2. The molecule has 0 radical (unpaired) electrons. The van der Waals surface area contributed by atoms with Gasteiger partial charge in [0.25, 0.3) is 0 Å². The van der Waals surface area contributed by atoms with E-state index in [9.17, 15) is 4.79 Å². The van der Waals surface area contributed by atoms with Crippen LogP contribution in [0, 0.1) is 0 Å². The second-order valence-electron chi connectivity index (χ2n) is 4.70. The molecule has 2 atom stereocenters. The van der Waals surface area contributed by atoms with Crippen LogP contribution < -0.4 is 10.6 Å². The standard InChI is InChI=1S/C12H21N5O/c1-9(10-6-15-16(3)8-10)17-5-4-14-7-11(17)12(18)13-2/h6,8-9,11,14H,4-5,7H2,1-3H3,(H,13,18). The van der Waals surface area contributed by atoms with Crippen molar-refractivity contribution in [3.05, 3.63) is 18.0 Å². The molecule has 1 aromatic heterocycles.